The topological polar surface area (TPSA) is 38.9 Å². The van der Waals surface area contributed by atoms with E-state index >= 15 is 0 Å². The minimum atomic E-state index is 0.190. The zero-order valence-electron chi connectivity index (χ0n) is 9.68. The lowest BCUT2D eigenvalue weighted by Gasteiger charge is -2.06. The van der Waals surface area contributed by atoms with Gasteiger partial charge in [0.15, 0.2) is 5.82 Å². The number of hydrogen-bond donors (Lipinski definition) is 0. The molecule has 0 spiro atoms. The molecule has 0 aliphatic heterocycles. The van der Waals surface area contributed by atoms with Gasteiger partial charge in [0.05, 0.1) is 5.25 Å². The molecule has 90 valence electrons. The fraction of sp³-hybridized carbons (Fsp3) is 0.333. The summed E-state index contributed by atoms with van der Waals surface area (Å²) in [5.74, 6) is 2.23. The van der Waals surface area contributed by atoms with Crippen LogP contribution in [0.2, 0.25) is 5.02 Å². The summed E-state index contributed by atoms with van der Waals surface area (Å²) >= 11 is 7.68. The van der Waals surface area contributed by atoms with Crippen LogP contribution >= 0.6 is 23.4 Å². The van der Waals surface area contributed by atoms with Gasteiger partial charge in [-0.3, -0.25) is 0 Å². The van der Waals surface area contributed by atoms with Crippen LogP contribution in [-0.4, -0.2) is 10.1 Å². The number of nitrogens with zero attached hydrogens (tertiary/aromatic N) is 2. The van der Waals surface area contributed by atoms with Crippen LogP contribution < -0.4 is 0 Å². The molecule has 0 amide bonds. The highest BCUT2D eigenvalue weighted by atomic mass is 35.5. The van der Waals surface area contributed by atoms with Crippen molar-refractivity contribution >= 4 is 23.4 Å². The molecule has 2 rings (SSSR count). The van der Waals surface area contributed by atoms with Crippen LogP contribution in [0.25, 0.3) is 0 Å². The predicted octanol–water partition coefficient (Wildman–Crippen LogP) is 4.03. The van der Waals surface area contributed by atoms with E-state index < -0.39 is 0 Å². The summed E-state index contributed by atoms with van der Waals surface area (Å²) in [5, 5.41) is 4.74. The quantitative estimate of drug-likeness (QED) is 0.839. The third-order valence-corrected chi connectivity index (χ3v) is 3.72. The van der Waals surface area contributed by atoms with Gasteiger partial charge in [0.25, 0.3) is 0 Å². The van der Waals surface area contributed by atoms with Crippen molar-refractivity contribution in [1.82, 2.24) is 10.1 Å². The van der Waals surface area contributed by atoms with Crippen molar-refractivity contribution in [3.05, 3.63) is 46.6 Å². The average molecular weight is 269 g/mol. The molecule has 1 aromatic heterocycles. The zero-order valence-corrected chi connectivity index (χ0v) is 11.3. The molecule has 3 nitrogen and oxygen atoms in total. The fourth-order valence-electron chi connectivity index (χ4n) is 1.40. The number of aromatic nitrogens is 2. The predicted molar refractivity (Wildman–Crippen MR) is 70.2 cm³/mol. The van der Waals surface area contributed by atoms with Crippen molar-refractivity contribution < 1.29 is 4.52 Å². The second kappa shape index (κ2) is 5.56. The number of thioether (sulfide) groups is 1. The highest BCUT2D eigenvalue weighted by Crippen LogP contribution is 2.30. The van der Waals surface area contributed by atoms with E-state index in [1.54, 1.807) is 11.8 Å². The standard InChI is InChI=1S/C12H13ClN2OS/c1-8(12-14-9(2)15-16-12)17-7-10-4-3-5-11(13)6-10/h3-6,8H,7H2,1-2H3. The maximum atomic E-state index is 5.93. The Hall–Kier alpha value is -1.00. The van der Waals surface area contributed by atoms with Crippen LogP contribution in [0.1, 0.15) is 29.5 Å². The van der Waals surface area contributed by atoms with E-state index in [0.29, 0.717) is 11.7 Å². The lowest BCUT2D eigenvalue weighted by atomic mass is 10.2. The molecule has 0 N–H and O–H groups in total. The van der Waals surface area contributed by atoms with E-state index in [2.05, 4.69) is 23.1 Å². The largest absolute Gasteiger partial charge is 0.338 e. The van der Waals surface area contributed by atoms with Crippen molar-refractivity contribution in [2.24, 2.45) is 0 Å². The Kier molecular flexibility index (Phi) is 4.07. The van der Waals surface area contributed by atoms with Crippen LogP contribution in [0, 0.1) is 6.92 Å². The molecule has 1 heterocycles. The molecule has 2 aromatic rings. The summed E-state index contributed by atoms with van der Waals surface area (Å²) in [6, 6.07) is 7.87. The highest BCUT2D eigenvalue weighted by Gasteiger charge is 2.13. The fourth-order valence-corrected chi connectivity index (χ4v) is 2.47. The van der Waals surface area contributed by atoms with Crippen LogP contribution in [0.5, 0.6) is 0 Å². The van der Waals surface area contributed by atoms with Crippen molar-refractivity contribution in [2.75, 3.05) is 0 Å². The zero-order chi connectivity index (χ0) is 12.3. The van der Waals surface area contributed by atoms with E-state index in [4.69, 9.17) is 16.1 Å². The maximum Gasteiger partial charge on any atom is 0.239 e. The van der Waals surface area contributed by atoms with Gasteiger partial charge in [-0.15, -0.1) is 11.8 Å². The first-order chi connectivity index (χ1) is 8.15. The number of benzene rings is 1. The molecule has 0 aliphatic rings. The van der Waals surface area contributed by atoms with Crippen LogP contribution in [0.3, 0.4) is 0 Å². The summed E-state index contributed by atoms with van der Waals surface area (Å²) in [5.41, 5.74) is 1.20. The van der Waals surface area contributed by atoms with E-state index in [1.807, 2.05) is 25.1 Å². The second-order valence-corrected chi connectivity index (χ2v) is 5.53. The number of halogens is 1. The normalized spacial score (nSPS) is 12.6. The van der Waals surface area contributed by atoms with E-state index in [0.717, 1.165) is 10.8 Å². The Morgan fingerprint density at radius 3 is 2.94 bits per heavy atom. The van der Waals surface area contributed by atoms with Gasteiger partial charge < -0.3 is 4.52 Å². The second-order valence-electron chi connectivity index (χ2n) is 3.76. The smallest absolute Gasteiger partial charge is 0.239 e. The number of hydrogen-bond acceptors (Lipinski definition) is 4. The van der Waals surface area contributed by atoms with Crippen molar-refractivity contribution in [3.8, 4) is 0 Å². The summed E-state index contributed by atoms with van der Waals surface area (Å²) in [7, 11) is 0. The Balaban J connectivity index is 1.94. The Labute approximate surface area is 110 Å². The first kappa shape index (κ1) is 12.5. The first-order valence-corrected chi connectivity index (χ1v) is 6.74. The van der Waals surface area contributed by atoms with Crippen molar-refractivity contribution in [1.29, 1.82) is 0 Å². The van der Waals surface area contributed by atoms with Gasteiger partial charge in [0.1, 0.15) is 0 Å². The van der Waals surface area contributed by atoms with E-state index in [-0.39, 0.29) is 5.25 Å². The minimum absolute atomic E-state index is 0.190. The van der Waals surface area contributed by atoms with Gasteiger partial charge >= 0.3 is 0 Å². The van der Waals surface area contributed by atoms with Gasteiger partial charge in [0.2, 0.25) is 5.89 Å². The van der Waals surface area contributed by atoms with E-state index in [9.17, 15) is 0 Å². The van der Waals surface area contributed by atoms with Gasteiger partial charge in [-0.1, -0.05) is 28.9 Å². The molecule has 0 saturated carbocycles. The monoisotopic (exact) mass is 268 g/mol. The molecule has 0 saturated heterocycles. The molecule has 1 unspecified atom stereocenters. The third-order valence-electron chi connectivity index (χ3n) is 2.28. The lowest BCUT2D eigenvalue weighted by Crippen LogP contribution is -1.90. The van der Waals surface area contributed by atoms with Crippen LogP contribution in [-0.2, 0) is 5.75 Å². The lowest BCUT2D eigenvalue weighted by molar-refractivity contribution is 0.376. The Bertz CT molecular complexity index is 501. The molecule has 1 atom stereocenters. The molecule has 17 heavy (non-hydrogen) atoms. The first-order valence-electron chi connectivity index (χ1n) is 5.31. The minimum Gasteiger partial charge on any atom is -0.338 e. The summed E-state index contributed by atoms with van der Waals surface area (Å²) in [4.78, 5) is 4.22. The van der Waals surface area contributed by atoms with Crippen molar-refractivity contribution in [3.63, 3.8) is 0 Å². The summed E-state index contributed by atoms with van der Waals surface area (Å²) in [6.07, 6.45) is 0. The molecule has 0 fully saturated rings. The van der Waals surface area contributed by atoms with Gasteiger partial charge in [0, 0.05) is 10.8 Å². The summed E-state index contributed by atoms with van der Waals surface area (Å²) in [6.45, 7) is 3.88. The van der Waals surface area contributed by atoms with Crippen molar-refractivity contribution in [2.45, 2.75) is 24.9 Å². The van der Waals surface area contributed by atoms with Gasteiger partial charge in [-0.25, -0.2) is 0 Å². The van der Waals surface area contributed by atoms with E-state index in [1.165, 1.54) is 5.56 Å². The Morgan fingerprint density at radius 1 is 1.47 bits per heavy atom. The molecule has 0 radical (unpaired) electrons. The third kappa shape index (κ3) is 3.48. The average Bonchev–Trinajstić information content (AvgIpc) is 2.73. The van der Waals surface area contributed by atoms with Crippen LogP contribution in [0.4, 0.5) is 0 Å². The Morgan fingerprint density at radius 2 is 2.29 bits per heavy atom. The molecule has 5 heteroatoms. The summed E-state index contributed by atoms with van der Waals surface area (Å²) < 4.78 is 5.13. The molecule has 1 aromatic carbocycles. The van der Waals surface area contributed by atoms with Gasteiger partial charge in [-0.05, 0) is 31.5 Å². The number of aryl methyl sites for hydroxylation is 1. The van der Waals surface area contributed by atoms with Crippen LogP contribution in [0.15, 0.2) is 28.8 Å². The molecular formula is C12H13ClN2OS. The SMILES string of the molecule is Cc1noc(C(C)SCc2cccc(Cl)c2)n1. The number of rotatable bonds is 4. The van der Waals surface area contributed by atoms with Gasteiger partial charge in [-0.2, -0.15) is 4.98 Å². The molecular weight excluding hydrogens is 256 g/mol. The molecule has 0 aliphatic carbocycles. The molecule has 0 bridgehead atoms. The highest BCUT2D eigenvalue weighted by molar-refractivity contribution is 7.98. The maximum absolute atomic E-state index is 5.93.